The van der Waals surface area contributed by atoms with Gasteiger partial charge >= 0.3 is 6.09 Å². The summed E-state index contributed by atoms with van der Waals surface area (Å²) >= 11 is 1.54. The first-order valence-electron chi connectivity index (χ1n) is 10.0. The zero-order valence-corrected chi connectivity index (χ0v) is 18.9. The molecule has 0 saturated carbocycles. The maximum atomic E-state index is 12.8. The lowest BCUT2D eigenvalue weighted by Gasteiger charge is -2.40. The molecule has 1 aliphatic rings. The molecule has 1 aromatic carbocycles. The Kier molecular flexibility index (Phi) is 7.06. The number of carbonyl (C=O) groups is 2. The average Bonchev–Trinajstić information content (AvgIpc) is 3.23. The molecule has 1 aliphatic heterocycles. The summed E-state index contributed by atoms with van der Waals surface area (Å²) in [5.41, 5.74) is 10.4. The number of hydrogen-bond acceptors (Lipinski definition) is 7. The number of aliphatic imine (C=N–C) groups is 1. The van der Waals surface area contributed by atoms with Crippen molar-refractivity contribution in [3.8, 4) is 0 Å². The van der Waals surface area contributed by atoms with Crippen molar-refractivity contribution >= 4 is 46.5 Å². The second-order valence-electron chi connectivity index (χ2n) is 7.54. The Hall–Kier alpha value is -3.20. The number of rotatable bonds is 5. The van der Waals surface area contributed by atoms with E-state index in [1.165, 1.54) is 24.5 Å². The molecular formula is C22H27N5O3S. The minimum Gasteiger partial charge on any atom is -0.446 e. The third kappa shape index (κ3) is 5.11. The summed E-state index contributed by atoms with van der Waals surface area (Å²) in [6.07, 6.45) is 4.26. The summed E-state index contributed by atoms with van der Waals surface area (Å²) in [6.45, 7) is 7.88. The first kappa shape index (κ1) is 22.5. The number of carbonyl (C=O) groups excluding carboxylic acids is 2. The van der Waals surface area contributed by atoms with E-state index in [9.17, 15) is 9.59 Å². The van der Waals surface area contributed by atoms with E-state index in [0.717, 1.165) is 10.4 Å². The first-order valence-corrected chi connectivity index (χ1v) is 10.9. The van der Waals surface area contributed by atoms with E-state index < -0.39 is 6.09 Å². The SMILES string of the molecule is CC(=O)N1c2ccc(C(C=NCc3cncs3)=CN)cc2N(C(=O)OC(C)C)C[C@@H]1C. The van der Waals surface area contributed by atoms with Crippen LogP contribution < -0.4 is 15.5 Å². The van der Waals surface area contributed by atoms with Crippen LogP contribution in [0, 0.1) is 0 Å². The number of aromatic nitrogens is 1. The maximum Gasteiger partial charge on any atom is 0.414 e. The van der Waals surface area contributed by atoms with Gasteiger partial charge in [-0.15, -0.1) is 11.3 Å². The summed E-state index contributed by atoms with van der Waals surface area (Å²) in [6, 6.07) is 5.37. The molecule has 1 atom stereocenters. The molecule has 31 heavy (non-hydrogen) atoms. The van der Waals surface area contributed by atoms with Crippen molar-refractivity contribution in [1.29, 1.82) is 0 Å². The number of amides is 2. The lowest BCUT2D eigenvalue weighted by Crippen LogP contribution is -2.51. The third-order valence-electron chi connectivity index (χ3n) is 4.78. The molecule has 2 N–H and O–H groups in total. The van der Waals surface area contributed by atoms with Crippen LogP contribution in [0.3, 0.4) is 0 Å². The fourth-order valence-electron chi connectivity index (χ4n) is 3.49. The van der Waals surface area contributed by atoms with Gasteiger partial charge in [-0.1, -0.05) is 6.07 Å². The molecule has 9 heteroatoms. The fourth-order valence-corrected chi connectivity index (χ4v) is 4.02. The molecule has 164 valence electrons. The van der Waals surface area contributed by atoms with E-state index >= 15 is 0 Å². The monoisotopic (exact) mass is 441 g/mol. The standard InChI is InChI=1S/C22H27N5O3S/c1-14(2)30-22(29)26-12-15(3)27(16(4)28)20-6-5-17(7-21(20)26)18(8-23)9-24-10-19-11-25-13-31-19/h5-9,11,13-15H,10,12,23H2,1-4H3/t15-/m0/s1. The Labute approximate surface area is 186 Å². The molecule has 2 aromatic rings. The van der Waals surface area contributed by atoms with Crippen molar-refractivity contribution in [2.45, 2.75) is 46.4 Å². The quantitative estimate of drug-likeness (QED) is 0.711. The number of nitrogens with zero attached hydrogens (tertiary/aromatic N) is 4. The lowest BCUT2D eigenvalue weighted by molar-refractivity contribution is -0.117. The van der Waals surface area contributed by atoms with Gasteiger partial charge in [0.25, 0.3) is 0 Å². The highest BCUT2D eigenvalue weighted by atomic mass is 32.1. The number of anilines is 2. The Morgan fingerprint density at radius 2 is 2.16 bits per heavy atom. The van der Waals surface area contributed by atoms with E-state index in [4.69, 9.17) is 10.5 Å². The average molecular weight is 442 g/mol. The predicted octanol–water partition coefficient (Wildman–Crippen LogP) is 3.82. The first-order chi connectivity index (χ1) is 14.8. The van der Waals surface area contributed by atoms with E-state index in [2.05, 4.69) is 9.98 Å². The fraction of sp³-hybridized carbons (Fsp3) is 0.364. The van der Waals surface area contributed by atoms with Gasteiger partial charge < -0.3 is 15.4 Å². The summed E-state index contributed by atoms with van der Waals surface area (Å²) < 4.78 is 5.44. The van der Waals surface area contributed by atoms with Crippen molar-refractivity contribution in [1.82, 2.24) is 4.98 Å². The number of thiazole rings is 1. The Morgan fingerprint density at radius 1 is 1.39 bits per heavy atom. The highest BCUT2D eigenvalue weighted by Crippen LogP contribution is 2.38. The molecule has 0 radical (unpaired) electrons. The zero-order valence-electron chi connectivity index (χ0n) is 18.1. The summed E-state index contributed by atoms with van der Waals surface area (Å²) in [5.74, 6) is -0.0842. The minimum absolute atomic E-state index is 0.0842. The highest BCUT2D eigenvalue weighted by Gasteiger charge is 2.34. The van der Waals surface area contributed by atoms with E-state index in [-0.39, 0.29) is 18.1 Å². The molecule has 0 unspecified atom stereocenters. The summed E-state index contributed by atoms with van der Waals surface area (Å²) in [5, 5.41) is 0. The van der Waals surface area contributed by atoms with Crippen molar-refractivity contribution < 1.29 is 14.3 Å². The predicted molar refractivity (Wildman–Crippen MR) is 125 cm³/mol. The van der Waals surface area contributed by atoms with Gasteiger partial charge in [0.1, 0.15) is 0 Å². The van der Waals surface area contributed by atoms with Crippen LogP contribution in [-0.4, -0.2) is 41.9 Å². The van der Waals surface area contributed by atoms with Crippen LogP contribution >= 0.6 is 11.3 Å². The molecule has 2 heterocycles. The van der Waals surface area contributed by atoms with Crippen LogP contribution in [0.15, 0.2) is 41.1 Å². The molecule has 0 aliphatic carbocycles. The van der Waals surface area contributed by atoms with Crippen LogP contribution in [0.5, 0.6) is 0 Å². The number of benzene rings is 1. The molecule has 1 aromatic heterocycles. The van der Waals surface area contributed by atoms with E-state index in [1.807, 2.05) is 25.1 Å². The zero-order chi connectivity index (χ0) is 22.5. The molecule has 0 bridgehead atoms. The van der Waals surface area contributed by atoms with Gasteiger partial charge in [0, 0.05) is 42.5 Å². The second kappa shape index (κ2) is 9.74. The van der Waals surface area contributed by atoms with Gasteiger partial charge in [-0.05, 0) is 38.5 Å². The molecule has 8 nitrogen and oxygen atoms in total. The van der Waals surface area contributed by atoms with Crippen molar-refractivity contribution in [2.24, 2.45) is 10.7 Å². The summed E-state index contributed by atoms with van der Waals surface area (Å²) in [7, 11) is 0. The lowest BCUT2D eigenvalue weighted by atomic mass is 10.0. The molecule has 0 fully saturated rings. The molecular weight excluding hydrogens is 414 g/mol. The van der Waals surface area contributed by atoms with Gasteiger partial charge in [-0.3, -0.25) is 19.7 Å². The van der Waals surface area contributed by atoms with Crippen molar-refractivity contribution in [2.75, 3.05) is 16.3 Å². The Balaban J connectivity index is 1.96. The van der Waals surface area contributed by atoms with Gasteiger partial charge in [-0.2, -0.15) is 0 Å². The van der Waals surface area contributed by atoms with Crippen LogP contribution in [0.25, 0.3) is 5.57 Å². The number of allylic oxidation sites excluding steroid dienone is 1. The van der Waals surface area contributed by atoms with Gasteiger partial charge in [0.15, 0.2) is 0 Å². The molecule has 0 spiro atoms. The number of fused-ring (bicyclic) bond motifs is 1. The number of nitrogens with two attached hydrogens (primary N) is 1. The molecule has 2 amide bonds. The molecule has 3 rings (SSSR count). The van der Waals surface area contributed by atoms with Crippen LogP contribution in [-0.2, 0) is 16.1 Å². The van der Waals surface area contributed by atoms with Gasteiger partial charge in [0.2, 0.25) is 5.91 Å². The molecule has 0 saturated heterocycles. The third-order valence-corrected chi connectivity index (χ3v) is 5.55. The highest BCUT2D eigenvalue weighted by molar-refractivity contribution is 7.09. The van der Waals surface area contributed by atoms with Crippen LogP contribution in [0.1, 0.15) is 38.1 Å². The Morgan fingerprint density at radius 3 is 2.77 bits per heavy atom. The summed E-state index contributed by atoms with van der Waals surface area (Å²) in [4.78, 5) is 37.9. The van der Waals surface area contributed by atoms with Crippen molar-refractivity contribution in [3.63, 3.8) is 0 Å². The topological polar surface area (TPSA) is 101 Å². The van der Waals surface area contributed by atoms with Crippen LogP contribution in [0.2, 0.25) is 0 Å². The number of hydrogen-bond donors (Lipinski definition) is 1. The van der Waals surface area contributed by atoms with E-state index in [0.29, 0.717) is 30.0 Å². The van der Waals surface area contributed by atoms with Gasteiger partial charge in [-0.25, -0.2) is 4.79 Å². The largest absolute Gasteiger partial charge is 0.446 e. The van der Waals surface area contributed by atoms with Gasteiger partial charge in [0.05, 0.1) is 35.6 Å². The second-order valence-corrected chi connectivity index (χ2v) is 8.52. The minimum atomic E-state index is -0.444. The maximum absolute atomic E-state index is 12.8. The number of ether oxygens (including phenoxy) is 1. The van der Waals surface area contributed by atoms with Crippen molar-refractivity contribution in [3.05, 3.63) is 46.5 Å². The smallest absolute Gasteiger partial charge is 0.414 e. The normalized spacial score (nSPS) is 16.7. The van der Waals surface area contributed by atoms with E-state index in [1.54, 1.807) is 41.6 Å². The Bertz CT molecular complexity index is 1000. The van der Waals surface area contributed by atoms with Crippen LogP contribution in [0.4, 0.5) is 16.2 Å².